The van der Waals surface area contributed by atoms with Crippen molar-refractivity contribution in [3.8, 4) is 5.75 Å². The normalized spacial score (nSPS) is 10.3. The summed E-state index contributed by atoms with van der Waals surface area (Å²) >= 11 is 9.56. The number of ketones is 1. The summed E-state index contributed by atoms with van der Waals surface area (Å²) in [5, 5.41) is 0.392. The highest BCUT2D eigenvalue weighted by molar-refractivity contribution is 9.10. The number of rotatable bonds is 3. The van der Waals surface area contributed by atoms with Crippen molar-refractivity contribution in [2.45, 2.75) is 6.92 Å². The predicted octanol–water partition coefficient (Wildman–Crippen LogP) is 4.65. The zero-order chi connectivity index (χ0) is 14.0. The molecule has 0 aliphatic heterocycles. The zero-order valence-electron chi connectivity index (χ0n) is 10.5. The molecule has 0 amide bonds. The average molecular weight is 340 g/mol. The third-order valence-corrected chi connectivity index (χ3v) is 4.10. The fourth-order valence-corrected chi connectivity index (χ4v) is 2.43. The van der Waals surface area contributed by atoms with Crippen molar-refractivity contribution in [3.63, 3.8) is 0 Å². The van der Waals surface area contributed by atoms with Crippen LogP contribution in [0, 0.1) is 6.92 Å². The van der Waals surface area contributed by atoms with E-state index in [0.29, 0.717) is 21.9 Å². The van der Waals surface area contributed by atoms with E-state index in [1.165, 1.54) is 0 Å². The van der Waals surface area contributed by atoms with Crippen LogP contribution in [0.5, 0.6) is 5.75 Å². The van der Waals surface area contributed by atoms with E-state index in [0.717, 1.165) is 10.0 Å². The largest absolute Gasteiger partial charge is 0.497 e. The molecule has 98 valence electrons. The monoisotopic (exact) mass is 338 g/mol. The molecular weight excluding hydrogens is 328 g/mol. The lowest BCUT2D eigenvalue weighted by Crippen LogP contribution is -2.05. The Hall–Kier alpha value is -1.32. The molecule has 19 heavy (non-hydrogen) atoms. The number of halogens is 2. The summed E-state index contributed by atoms with van der Waals surface area (Å²) in [6, 6.07) is 10.6. The lowest BCUT2D eigenvalue weighted by Gasteiger charge is -2.09. The Morgan fingerprint density at radius 1 is 1.21 bits per heavy atom. The third kappa shape index (κ3) is 2.82. The van der Waals surface area contributed by atoms with Crippen molar-refractivity contribution < 1.29 is 9.53 Å². The Morgan fingerprint density at radius 3 is 2.58 bits per heavy atom. The quantitative estimate of drug-likeness (QED) is 0.761. The molecule has 4 heteroatoms. The molecule has 0 aromatic heterocycles. The molecule has 2 aromatic carbocycles. The van der Waals surface area contributed by atoms with Crippen molar-refractivity contribution in [1.29, 1.82) is 0 Å². The van der Waals surface area contributed by atoms with Gasteiger partial charge in [-0.3, -0.25) is 4.79 Å². The minimum Gasteiger partial charge on any atom is -0.497 e. The van der Waals surface area contributed by atoms with Gasteiger partial charge >= 0.3 is 0 Å². The van der Waals surface area contributed by atoms with Crippen LogP contribution in [0.4, 0.5) is 0 Å². The van der Waals surface area contributed by atoms with Crippen LogP contribution in [-0.4, -0.2) is 12.9 Å². The Balaban J connectivity index is 2.47. The molecule has 0 aliphatic carbocycles. The van der Waals surface area contributed by atoms with Gasteiger partial charge in [0, 0.05) is 15.6 Å². The number of hydrogen-bond acceptors (Lipinski definition) is 2. The standard InChI is InChI=1S/C15H12BrClO2/c1-9-11(4-3-5-13(9)16)15(18)12-7-6-10(19-2)8-14(12)17/h3-8H,1-2H3. The van der Waals surface area contributed by atoms with E-state index in [1.807, 2.05) is 19.1 Å². The molecule has 0 spiro atoms. The van der Waals surface area contributed by atoms with Crippen molar-refractivity contribution in [2.24, 2.45) is 0 Å². The smallest absolute Gasteiger partial charge is 0.194 e. The van der Waals surface area contributed by atoms with E-state index in [9.17, 15) is 4.79 Å². The maximum Gasteiger partial charge on any atom is 0.194 e. The van der Waals surface area contributed by atoms with Gasteiger partial charge in [-0.05, 0) is 36.8 Å². The Morgan fingerprint density at radius 2 is 1.95 bits per heavy atom. The average Bonchev–Trinajstić information content (AvgIpc) is 2.41. The van der Waals surface area contributed by atoms with Crippen LogP contribution in [-0.2, 0) is 0 Å². The van der Waals surface area contributed by atoms with Crippen LogP contribution in [0.15, 0.2) is 40.9 Å². The summed E-state index contributed by atoms with van der Waals surface area (Å²) in [6.45, 7) is 1.90. The minimum atomic E-state index is -0.0912. The highest BCUT2D eigenvalue weighted by Crippen LogP contribution is 2.27. The SMILES string of the molecule is COc1ccc(C(=O)c2cccc(Br)c2C)c(Cl)c1. The lowest BCUT2D eigenvalue weighted by molar-refractivity contribution is 0.103. The first-order valence-corrected chi connectivity index (χ1v) is 6.85. The van der Waals surface area contributed by atoms with E-state index >= 15 is 0 Å². The van der Waals surface area contributed by atoms with Gasteiger partial charge in [-0.15, -0.1) is 0 Å². The van der Waals surface area contributed by atoms with Gasteiger partial charge in [0.25, 0.3) is 0 Å². The van der Waals surface area contributed by atoms with Gasteiger partial charge in [0.05, 0.1) is 12.1 Å². The van der Waals surface area contributed by atoms with Crippen LogP contribution < -0.4 is 4.74 Å². The zero-order valence-corrected chi connectivity index (χ0v) is 12.9. The highest BCUT2D eigenvalue weighted by atomic mass is 79.9. The van der Waals surface area contributed by atoms with Gasteiger partial charge in [-0.25, -0.2) is 0 Å². The van der Waals surface area contributed by atoms with E-state index in [-0.39, 0.29) is 5.78 Å². The molecule has 0 heterocycles. The summed E-state index contributed by atoms with van der Waals surface area (Å²) in [7, 11) is 1.56. The first-order chi connectivity index (χ1) is 9.04. The molecule has 2 rings (SSSR count). The minimum absolute atomic E-state index is 0.0912. The fraction of sp³-hybridized carbons (Fsp3) is 0.133. The van der Waals surface area contributed by atoms with Gasteiger partial charge in [0.15, 0.2) is 5.78 Å². The molecule has 0 fully saturated rings. The molecule has 0 aliphatic rings. The molecular formula is C15H12BrClO2. The summed E-state index contributed by atoms with van der Waals surface area (Å²) in [5.74, 6) is 0.541. The second-order valence-electron chi connectivity index (χ2n) is 4.09. The molecule has 0 N–H and O–H groups in total. The number of benzene rings is 2. The van der Waals surface area contributed by atoms with E-state index in [1.54, 1.807) is 31.4 Å². The summed E-state index contributed by atoms with van der Waals surface area (Å²) in [5.41, 5.74) is 2.02. The molecule has 0 atom stereocenters. The van der Waals surface area contributed by atoms with Crippen LogP contribution in [0.2, 0.25) is 5.02 Å². The third-order valence-electron chi connectivity index (χ3n) is 2.93. The molecule has 2 nitrogen and oxygen atoms in total. The molecule has 0 radical (unpaired) electrons. The Bertz CT molecular complexity index is 638. The van der Waals surface area contributed by atoms with E-state index in [4.69, 9.17) is 16.3 Å². The fourth-order valence-electron chi connectivity index (χ4n) is 1.81. The van der Waals surface area contributed by atoms with Gasteiger partial charge in [-0.2, -0.15) is 0 Å². The Kier molecular flexibility index (Phi) is 4.27. The number of carbonyl (C=O) groups is 1. The van der Waals surface area contributed by atoms with Gasteiger partial charge < -0.3 is 4.74 Å². The molecule has 2 aromatic rings. The number of methoxy groups -OCH3 is 1. The second kappa shape index (κ2) is 5.76. The van der Waals surface area contributed by atoms with Crippen LogP contribution >= 0.6 is 27.5 Å². The molecule has 0 saturated heterocycles. The van der Waals surface area contributed by atoms with Crippen LogP contribution in [0.3, 0.4) is 0 Å². The summed E-state index contributed by atoms with van der Waals surface area (Å²) < 4.78 is 5.98. The first-order valence-electron chi connectivity index (χ1n) is 5.68. The van der Waals surface area contributed by atoms with Gasteiger partial charge in [0.2, 0.25) is 0 Å². The topological polar surface area (TPSA) is 26.3 Å². The van der Waals surface area contributed by atoms with Crippen molar-refractivity contribution in [2.75, 3.05) is 7.11 Å². The number of ether oxygens (including phenoxy) is 1. The molecule has 0 bridgehead atoms. The highest BCUT2D eigenvalue weighted by Gasteiger charge is 2.16. The van der Waals surface area contributed by atoms with E-state index in [2.05, 4.69) is 15.9 Å². The summed E-state index contributed by atoms with van der Waals surface area (Å²) in [4.78, 5) is 12.5. The first kappa shape index (κ1) is 14.1. The van der Waals surface area contributed by atoms with Crippen molar-refractivity contribution in [1.82, 2.24) is 0 Å². The lowest BCUT2D eigenvalue weighted by atomic mass is 9.99. The molecule has 0 unspecified atom stereocenters. The van der Waals surface area contributed by atoms with Crippen molar-refractivity contribution in [3.05, 3.63) is 62.6 Å². The second-order valence-corrected chi connectivity index (χ2v) is 5.35. The van der Waals surface area contributed by atoms with Crippen LogP contribution in [0.25, 0.3) is 0 Å². The number of carbonyl (C=O) groups excluding carboxylic acids is 1. The summed E-state index contributed by atoms with van der Waals surface area (Å²) in [6.07, 6.45) is 0. The molecule has 0 saturated carbocycles. The maximum absolute atomic E-state index is 12.5. The predicted molar refractivity (Wildman–Crippen MR) is 80.3 cm³/mol. The van der Waals surface area contributed by atoms with Gasteiger partial charge in [0.1, 0.15) is 5.75 Å². The van der Waals surface area contributed by atoms with Crippen molar-refractivity contribution >= 4 is 33.3 Å². The van der Waals surface area contributed by atoms with Crippen LogP contribution in [0.1, 0.15) is 21.5 Å². The number of hydrogen-bond donors (Lipinski definition) is 0. The Labute approximate surface area is 125 Å². The van der Waals surface area contributed by atoms with E-state index < -0.39 is 0 Å². The van der Waals surface area contributed by atoms with Gasteiger partial charge in [-0.1, -0.05) is 39.7 Å². The maximum atomic E-state index is 12.5.